The van der Waals surface area contributed by atoms with Gasteiger partial charge in [-0.05, 0) is 155 Å². The van der Waals surface area contributed by atoms with Crippen molar-refractivity contribution >= 4 is 240 Å². The fourth-order valence-electron chi connectivity index (χ4n) is 27.0. The van der Waals surface area contributed by atoms with Crippen LogP contribution in [0.25, 0.3) is 318 Å². The summed E-state index contributed by atoms with van der Waals surface area (Å²) in [6.07, 6.45) is 0. The molecule has 0 bridgehead atoms. The molecule has 140 heavy (non-hydrogen) atoms. The van der Waals surface area contributed by atoms with Gasteiger partial charge in [0.05, 0.1) is 110 Å². The molecule has 8 heteroatoms. The monoisotopic (exact) mass is 1770 g/mol. The quantitative estimate of drug-likeness (QED) is 0.138. The van der Waals surface area contributed by atoms with Crippen LogP contribution in [0.1, 0.15) is 0 Å². The van der Waals surface area contributed by atoms with Gasteiger partial charge in [0, 0.05) is 174 Å². The summed E-state index contributed by atoms with van der Waals surface area (Å²) < 4.78 is 20.9. The third-order valence-corrected chi connectivity index (χ3v) is 32.0. The van der Waals surface area contributed by atoms with E-state index in [2.05, 4.69) is 485 Å². The minimum Gasteiger partial charge on any atom is -0.309 e. The van der Waals surface area contributed by atoms with E-state index in [1.807, 2.05) is 0 Å². The second-order valence-electron chi connectivity index (χ2n) is 38.6. The van der Waals surface area contributed by atoms with E-state index in [0.717, 1.165) is 61.6 Å². The lowest BCUT2D eigenvalue weighted by atomic mass is 9.88. The van der Waals surface area contributed by atoms with Crippen molar-refractivity contribution in [2.75, 3.05) is 0 Å². The van der Waals surface area contributed by atoms with Crippen molar-refractivity contribution in [1.82, 2.24) is 35.9 Å². The first kappa shape index (κ1) is 73.7. The number of nitrogens with zero attached hydrogens (tertiary/aromatic N) is 8. The van der Waals surface area contributed by atoms with Crippen LogP contribution in [0, 0.1) is 0 Å². The van der Waals surface area contributed by atoms with Crippen LogP contribution in [0.3, 0.4) is 0 Å². The van der Waals surface area contributed by atoms with Gasteiger partial charge in [-0.15, -0.1) is 0 Å². The summed E-state index contributed by atoms with van der Waals surface area (Å²) in [5, 5.41) is 29.7. The normalized spacial score (nSPS) is 12.7. The number of benzene rings is 22. The lowest BCUT2D eigenvalue weighted by Crippen LogP contribution is -1.97. The largest absolute Gasteiger partial charge is 0.309 e. The average Bonchev–Trinajstić information content (AvgIpc) is 1.48. The summed E-state index contributed by atoms with van der Waals surface area (Å²) in [5.74, 6) is 0. The number of rotatable bonds is 9. The van der Waals surface area contributed by atoms with Crippen LogP contribution in [0.2, 0.25) is 0 Å². The zero-order valence-electron chi connectivity index (χ0n) is 75.3. The Kier molecular flexibility index (Phi) is 14.0. The average molecular weight is 1770 g/mol. The lowest BCUT2D eigenvalue weighted by molar-refractivity contribution is 1.18. The summed E-state index contributed by atoms with van der Waals surface area (Å²) >= 11 is 0. The van der Waals surface area contributed by atoms with E-state index in [1.165, 1.54) is 256 Å². The number of hydrogen-bond donors (Lipinski definition) is 0. The van der Waals surface area contributed by atoms with Crippen LogP contribution < -0.4 is 0 Å². The summed E-state index contributed by atoms with van der Waals surface area (Å²) in [7, 11) is 0. The molecule has 0 aliphatic rings. The Bertz CT molecular complexity index is 11500. The molecule has 0 fully saturated rings. The van der Waals surface area contributed by atoms with Gasteiger partial charge in [0.2, 0.25) is 0 Å². The molecule has 34 rings (SSSR count). The predicted molar refractivity (Wildman–Crippen MR) is 590 cm³/mol. The minimum absolute atomic E-state index is 1.08. The van der Waals surface area contributed by atoms with E-state index < -0.39 is 0 Å². The van der Waals surface area contributed by atoms with E-state index in [0.29, 0.717) is 0 Å². The second kappa shape index (κ2) is 26.7. The highest BCUT2D eigenvalue weighted by Gasteiger charge is 2.38. The van der Waals surface area contributed by atoms with Crippen LogP contribution in [0.5, 0.6) is 0 Å². The van der Waals surface area contributed by atoms with Crippen molar-refractivity contribution in [3.63, 3.8) is 0 Å². The smallest absolute Gasteiger partial charge is 0.0642 e. The molecule has 642 valence electrons. The standard InChI is InChI=1S/C132H74N8/c1-7-35-75(36-8-1)109-118-94-60-34-58-92-116-108(140(124(92)94)130(118)110(76-37-9-2-10-38-76)117-93-59-33-57-91-115-107(139(123(91)93)129(109)117)69-67-105-113(115)89-55-23-29-65-103(89)133(105)81-45-15-5-16-46-81)70-68-106-114(116)90-56-24-30-66-104(90)134(106)83-49-31-43-79(71-83)80-44-32-50-84(72-80)136-100-62-26-20-52-86(100)96-74-98-88-54-22-28-64-102(88)138-128(98)122(126(96)136)120-112(78-41-13-4-14-42-78)131-119(111(132(120)138)77-39-11-3-12-40-77)121-125-95(73-97-87-53-21-27-63-101(87)137(131)127(97)121)85-51-19-25-61-99(85)135(125)82-47-17-6-18-48-82/h1-74H. The second-order valence-corrected chi connectivity index (χ2v) is 38.6. The molecule has 0 saturated carbocycles. The van der Waals surface area contributed by atoms with Gasteiger partial charge in [-0.2, -0.15) is 0 Å². The Morgan fingerprint density at radius 2 is 0.350 bits per heavy atom. The molecule has 0 saturated heterocycles. The topological polar surface area (TPSA) is 37.4 Å². The van der Waals surface area contributed by atoms with Crippen molar-refractivity contribution in [3.05, 3.63) is 449 Å². The van der Waals surface area contributed by atoms with E-state index in [4.69, 9.17) is 0 Å². The van der Waals surface area contributed by atoms with Crippen molar-refractivity contribution in [3.8, 4) is 78.4 Å². The molecule has 0 atom stereocenters. The van der Waals surface area contributed by atoms with Crippen LogP contribution in [0.15, 0.2) is 449 Å². The molecular weight excluding hydrogens is 1700 g/mol. The van der Waals surface area contributed by atoms with E-state index in [-0.39, 0.29) is 0 Å². The molecule has 12 heterocycles. The van der Waals surface area contributed by atoms with Gasteiger partial charge in [0.15, 0.2) is 0 Å². The van der Waals surface area contributed by atoms with Gasteiger partial charge in [-0.1, -0.05) is 328 Å². The molecule has 0 N–H and O–H groups in total. The fraction of sp³-hybridized carbons (Fsp3) is 0. The number of para-hydroxylation sites is 10. The number of fused-ring (bicyclic) bond motifs is 40. The third kappa shape index (κ3) is 9.05. The Hall–Kier alpha value is -18.8. The first-order valence-corrected chi connectivity index (χ1v) is 48.7. The van der Waals surface area contributed by atoms with Gasteiger partial charge in [0.25, 0.3) is 0 Å². The molecule has 0 radical (unpaired) electrons. The van der Waals surface area contributed by atoms with Crippen LogP contribution in [0.4, 0.5) is 0 Å². The molecule has 8 nitrogen and oxygen atoms in total. The molecule has 0 unspecified atom stereocenters. The molecule has 0 aliphatic heterocycles. The van der Waals surface area contributed by atoms with Crippen molar-refractivity contribution in [2.24, 2.45) is 0 Å². The van der Waals surface area contributed by atoms with Crippen molar-refractivity contribution in [1.29, 1.82) is 0 Å². The van der Waals surface area contributed by atoms with E-state index in [1.54, 1.807) is 0 Å². The number of hydrogen-bond acceptors (Lipinski definition) is 0. The first-order valence-electron chi connectivity index (χ1n) is 48.7. The highest BCUT2D eigenvalue weighted by molar-refractivity contribution is 6.47. The van der Waals surface area contributed by atoms with E-state index >= 15 is 0 Å². The van der Waals surface area contributed by atoms with Crippen LogP contribution in [-0.4, -0.2) is 35.9 Å². The molecule has 12 aromatic heterocycles. The van der Waals surface area contributed by atoms with E-state index in [9.17, 15) is 0 Å². The van der Waals surface area contributed by atoms with Gasteiger partial charge in [0.1, 0.15) is 0 Å². The van der Waals surface area contributed by atoms with Gasteiger partial charge in [-0.3, -0.25) is 0 Å². The van der Waals surface area contributed by atoms with Gasteiger partial charge >= 0.3 is 0 Å². The molecule has 0 amide bonds. The summed E-state index contributed by atoms with van der Waals surface area (Å²) in [4.78, 5) is 0. The summed E-state index contributed by atoms with van der Waals surface area (Å²) in [6, 6.07) is 170. The van der Waals surface area contributed by atoms with Gasteiger partial charge in [-0.25, -0.2) is 0 Å². The predicted octanol–water partition coefficient (Wildman–Crippen LogP) is 35.0. The Morgan fingerprint density at radius 3 is 0.750 bits per heavy atom. The zero-order chi connectivity index (χ0) is 90.4. The minimum atomic E-state index is 1.08. The maximum absolute atomic E-state index is 2.70. The summed E-state index contributed by atoms with van der Waals surface area (Å²) in [5.41, 5.74) is 40.1. The summed E-state index contributed by atoms with van der Waals surface area (Å²) in [6.45, 7) is 0. The van der Waals surface area contributed by atoms with Crippen LogP contribution in [-0.2, 0) is 0 Å². The Morgan fingerprint density at radius 1 is 0.107 bits per heavy atom. The molecular formula is C132H74N8. The van der Waals surface area contributed by atoms with Crippen molar-refractivity contribution < 1.29 is 0 Å². The highest BCUT2D eigenvalue weighted by atomic mass is 15.0. The Labute approximate surface area is 797 Å². The molecule has 0 aliphatic carbocycles. The van der Waals surface area contributed by atoms with Crippen molar-refractivity contribution in [2.45, 2.75) is 0 Å². The third-order valence-electron chi connectivity index (χ3n) is 32.0. The van der Waals surface area contributed by atoms with Crippen LogP contribution >= 0.6 is 0 Å². The zero-order valence-corrected chi connectivity index (χ0v) is 75.3. The number of aromatic nitrogens is 8. The first-order chi connectivity index (χ1) is 69.6. The fourth-order valence-corrected chi connectivity index (χ4v) is 27.0. The lowest BCUT2D eigenvalue weighted by Gasteiger charge is -2.17. The molecule has 34 aromatic rings. The SMILES string of the molecule is c1ccc(-c2c3c4cccc5c6c7c8ccccc8n(-c8ccccc8)c7ccc6n(c3c(-c3ccccc3)c3c6cccc7c8c9c%10ccccc%10n(-c%10cccc(-c%11cccc(-n%12c%13ccccc%13c%13cc%14c%15ccccc%15n%15c%16c(-c%17ccccc%17)c%17c%18c%19c(cc%20c%21ccccc%21n(c%17c(-c%17ccccc%17)c%16c(c%13%12)c%14%15)c%20%18)c%12ccccc%12n%19-c%12ccccc%12)c%11)c%10)c9ccc8n(c23)c67)c45)cc1. The highest BCUT2D eigenvalue weighted by Crippen LogP contribution is 2.61. The maximum atomic E-state index is 2.70. The molecule has 22 aromatic carbocycles. The van der Waals surface area contributed by atoms with Gasteiger partial charge < -0.3 is 35.9 Å². The maximum Gasteiger partial charge on any atom is 0.0642 e. The molecule has 0 spiro atoms. The Balaban J connectivity index is 0.618.